The molecule has 0 aromatic heterocycles. The van der Waals surface area contributed by atoms with Crippen LogP contribution >= 0.6 is 0 Å². The number of halogens is 3. The Balaban J connectivity index is 2.51. The zero-order chi connectivity index (χ0) is 16.6. The molecular weight excluding hydrogens is 323 g/mol. The molecule has 0 bridgehead atoms. The van der Waals surface area contributed by atoms with Gasteiger partial charge in [0.25, 0.3) is 0 Å². The summed E-state index contributed by atoms with van der Waals surface area (Å²) in [5.74, 6) is -0.473. The fourth-order valence-corrected chi connectivity index (χ4v) is 2.61. The molecule has 0 aliphatic heterocycles. The molecule has 0 radical (unpaired) electrons. The van der Waals surface area contributed by atoms with Gasteiger partial charge in [0, 0.05) is 19.8 Å². The van der Waals surface area contributed by atoms with E-state index in [-0.39, 0.29) is 11.4 Å². The standard InChI is InChI=1S/C13H18F3NO4S/c1-2-9-20-10-3-8-17-22(18,19)12-6-4-11(5-7-12)21-13(14,15)16/h4-7,17H,2-3,8-10H2,1H3. The van der Waals surface area contributed by atoms with Gasteiger partial charge in [-0.05, 0) is 37.1 Å². The molecule has 5 nitrogen and oxygen atoms in total. The van der Waals surface area contributed by atoms with E-state index in [1.54, 1.807) is 0 Å². The minimum Gasteiger partial charge on any atom is -0.406 e. The van der Waals surface area contributed by atoms with Crippen molar-refractivity contribution < 1.29 is 31.1 Å². The van der Waals surface area contributed by atoms with Gasteiger partial charge in [-0.2, -0.15) is 0 Å². The lowest BCUT2D eigenvalue weighted by molar-refractivity contribution is -0.274. The van der Waals surface area contributed by atoms with Gasteiger partial charge in [-0.15, -0.1) is 13.2 Å². The zero-order valence-electron chi connectivity index (χ0n) is 12.0. The van der Waals surface area contributed by atoms with Crippen molar-refractivity contribution >= 4 is 10.0 Å². The van der Waals surface area contributed by atoms with Crippen molar-refractivity contribution in [1.29, 1.82) is 0 Å². The van der Waals surface area contributed by atoms with Crippen molar-refractivity contribution in [3.8, 4) is 5.75 Å². The topological polar surface area (TPSA) is 64.6 Å². The summed E-state index contributed by atoms with van der Waals surface area (Å²) in [6.07, 6.45) is -3.41. The van der Waals surface area contributed by atoms with Crippen LogP contribution in [0.5, 0.6) is 5.75 Å². The maximum Gasteiger partial charge on any atom is 0.573 e. The average Bonchev–Trinajstić information content (AvgIpc) is 2.41. The lowest BCUT2D eigenvalue weighted by Crippen LogP contribution is -2.25. The van der Waals surface area contributed by atoms with Crippen LogP contribution < -0.4 is 9.46 Å². The number of rotatable bonds is 9. The third-order valence-corrected chi connectivity index (χ3v) is 3.95. The summed E-state index contributed by atoms with van der Waals surface area (Å²) in [5, 5.41) is 0. The van der Waals surface area contributed by atoms with E-state index >= 15 is 0 Å². The molecule has 0 atom stereocenters. The highest BCUT2D eigenvalue weighted by Crippen LogP contribution is 2.23. The summed E-state index contributed by atoms with van der Waals surface area (Å²) in [6.45, 7) is 3.21. The lowest BCUT2D eigenvalue weighted by Gasteiger charge is -2.10. The molecule has 0 saturated carbocycles. The Morgan fingerprint density at radius 2 is 1.77 bits per heavy atom. The molecule has 0 aliphatic carbocycles. The maximum absolute atomic E-state index is 12.0. The lowest BCUT2D eigenvalue weighted by atomic mass is 10.3. The van der Waals surface area contributed by atoms with E-state index in [0.29, 0.717) is 19.6 Å². The fraction of sp³-hybridized carbons (Fsp3) is 0.538. The predicted molar refractivity (Wildman–Crippen MR) is 74.0 cm³/mol. The molecule has 9 heteroatoms. The van der Waals surface area contributed by atoms with Crippen LogP contribution in [-0.4, -0.2) is 34.5 Å². The van der Waals surface area contributed by atoms with Gasteiger partial charge in [0.2, 0.25) is 10.0 Å². The van der Waals surface area contributed by atoms with E-state index < -0.39 is 22.1 Å². The zero-order valence-corrected chi connectivity index (χ0v) is 12.8. The largest absolute Gasteiger partial charge is 0.573 e. The highest BCUT2D eigenvalue weighted by atomic mass is 32.2. The first-order chi connectivity index (χ1) is 10.2. The van der Waals surface area contributed by atoms with E-state index in [0.717, 1.165) is 30.7 Å². The second-order valence-electron chi connectivity index (χ2n) is 4.38. The van der Waals surface area contributed by atoms with Crippen LogP contribution in [0.4, 0.5) is 13.2 Å². The number of ether oxygens (including phenoxy) is 2. The SMILES string of the molecule is CCCOCCCNS(=O)(=O)c1ccc(OC(F)(F)F)cc1. The minimum absolute atomic E-state index is 0.128. The molecule has 1 aromatic rings. The van der Waals surface area contributed by atoms with Crippen LogP contribution in [0.25, 0.3) is 0 Å². The summed E-state index contributed by atoms with van der Waals surface area (Å²) in [7, 11) is -3.76. The quantitative estimate of drug-likeness (QED) is 0.702. The first-order valence-corrected chi connectivity index (χ1v) is 8.16. The van der Waals surface area contributed by atoms with Crippen molar-refractivity contribution in [3.63, 3.8) is 0 Å². The number of alkyl halides is 3. The maximum atomic E-state index is 12.0. The number of hydrogen-bond donors (Lipinski definition) is 1. The van der Waals surface area contributed by atoms with Crippen LogP contribution in [0, 0.1) is 0 Å². The Kier molecular flexibility index (Phi) is 7.11. The van der Waals surface area contributed by atoms with Crippen molar-refractivity contribution in [2.45, 2.75) is 31.0 Å². The molecule has 1 aromatic carbocycles. The average molecular weight is 341 g/mol. The first kappa shape index (κ1) is 18.7. The van der Waals surface area contributed by atoms with Gasteiger partial charge < -0.3 is 9.47 Å². The number of nitrogens with one attached hydrogen (secondary N) is 1. The van der Waals surface area contributed by atoms with Crippen molar-refractivity contribution in [2.75, 3.05) is 19.8 Å². The van der Waals surface area contributed by atoms with Crippen LogP contribution in [0.2, 0.25) is 0 Å². The fourth-order valence-electron chi connectivity index (χ4n) is 1.53. The Hall–Kier alpha value is -1.32. The molecular formula is C13H18F3NO4S. The first-order valence-electron chi connectivity index (χ1n) is 6.68. The third-order valence-electron chi connectivity index (χ3n) is 2.47. The van der Waals surface area contributed by atoms with Gasteiger partial charge in [-0.3, -0.25) is 0 Å². The van der Waals surface area contributed by atoms with E-state index in [2.05, 4.69) is 9.46 Å². The predicted octanol–water partition coefficient (Wildman–Crippen LogP) is 2.68. The Morgan fingerprint density at radius 1 is 1.14 bits per heavy atom. The van der Waals surface area contributed by atoms with E-state index in [1.807, 2.05) is 6.92 Å². The second-order valence-corrected chi connectivity index (χ2v) is 6.15. The van der Waals surface area contributed by atoms with Crippen molar-refractivity contribution in [2.24, 2.45) is 0 Å². The number of sulfonamides is 1. The van der Waals surface area contributed by atoms with E-state index in [1.165, 1.54) is 0 Å². The van der Waals surface area contributed by atoms with Gasteiger partial charge in [-0.1, -0.05) is 6.92 Å². The second kappa shape index (κ2) is 8.35. The van der Waals surface area contributed by atoms with Gasteiger partial charge in [0.15, 0.2) is 0 Å². The van der Waals surface area contributed by atoms with Gasteiger partial charge in [0.05, 0.1) is 4.90 Å². The van der Waals surface area contributed by atoms with E-state index in [4.69, 9.17) is 4.74 Å². The molecule has 0 saturated heterocycles. The Bertz CT molecular complexity index is 543. The molecule has 0 amide bonds. The molecule has 22 heavy (non-hydrogen) atoms. The summed E-state index contributed by atoms with van der Waals surface area (Å²) in [5.41, 5.74) is 0. The summed E-state index contributed by atoms with van der Waals surface area (Å²) in [6, 6.07) is 4.01. The van der Waals surface area contributed by atoms with Gasteiger partial charge in [-0.25, -0.2) is 13.1 Å². The minimum atomic E-state index is -4.81. The highest BCUT2D eigenvalue weighted by molar-refractivity contribution is 7.89. The van der Waals surface area contributed by atoms with Crippen LogP contribution in [-0.2, 0) is 14.8 Å². The molecule has 0 spiro atoms. The van der Waals surface area contributed by atoms with Crippen LogP contribution in [0.1, 0.15) is 19.8 Å². The highest BCUT2D eigenvalue weighted by Gasteiger charge is 2.31. The molecule has 126 valence electrons. The molecule has 0 fully saturated rings. The number of hydrogen-bond acceptors (Lipinski definition) is 4. The molecule has 0 heterocycles. The molecule has 0 unspecified atom stereocenters. The third kappa shape index (κ3) is 7.10. The van der Waals surface area contributed by atoms with Crippen LogP contribution in [0.3, 0.4) is 0 Å². The van der Waals surface area contributed by atoms with Gasteiger partial charge in [0.1, 0.15) is 5.75 Å². The Labute approximate surface area is 127 Å². The number of benzene rings is 1. The summed E-state index contributed by atoms with van der Waals surface area (Å²) in [4.78, 5) is -0.128. The Morgan fingerprint density at radius 3 is 2.32 bits per heavy atom. The van der Waals surface area contributed by atoms with Crippen molar-refractivity contribution in [1.82, 2.24) is 4.72 Å². The monoisotopic (exact) mass is 341 g/mol. The van der Waals surface area contributed by atoms with Crippen molar-refractivity contribution in [3.05, 3.63) is 24.3 Å². The molecule has 1 rings (SSSR count). The smallest absolute Gasteiger partial charge is 0.406 e. The van der Waals surface area contributed by atoms with Gasteiger partial charge >= 0.3 is 6.36 Å². The van der Waals surface area contributed by atoms with Crippen LogP contribution in [0.15, 0.2) is 29.2 Å². The molecule has 1 N–H and O–H groups in total. The normalized spacial score (nSPS) is 12.4. The molecule has 0 aliphatic rings. The summed E-state index contributed by atoms with van der Waals surface area (Å²) >= 11 is 0. The van der Waals surface area contributed by atoms with E-state index in [9.17, 15) is 21.6 Å². The summed E-state index contributed by atoms with van der Waals surface area (Å²) < 4.78 is 71.1.